The quantitative estimate of drug-likeness (QED) is 0.348. The number of benzene rings is 1. The third-order valence-electron chi connectivity index (χ3n) is 7.80. The number of esters is 1. The molecule has 2 fully saturated rings. The number of halogens is 2. The molecule has 3 rings (SSSR count). The normalized spacial score (nSPS) is 24.8. The number of hydrogen-bond acceptors (Lipinski definition) is 3. The molecule has 2 aliphatic carbocycles. The average Bonchev–Trinajstić information content (AvgIpc) is 2.78. The van der Waals surface area contributed by atoms with Crippen LogP contribution in [0.5, 0.6) is 11.5 Å². The van der Waals surface area contributed by atoms with Crippen molar-refractivity contribution in [3.05, 3.63) is 23.8 Å². The highest BCUT2D eigenvalue weighted by Gasteiger charge is 2.45. The van der Waals surface area contributed by atoms with E-state index in [4.69, 9.17) is 9.47 Å². The Morgan fingerprint density at radius 3 is 2.27 bits per heavy atom. The molecule has 2 aliphatic rings. The van der Waals surface area contributed by atoms with E-state index in [2.05, 4.69) is 13.8 Å². The lowest BCUT2D eigenvalue weighted by Gasteiger charge is -2.50. The Labute approximate surface area is 179 Å². The summed E-state index contributed by atoms with van der Waals surface area (Å²) in [5, 5.41) is 0. The van der Waals surface area contributed by atoms with Crippen molar-refractivity contribution in [1.82, 2.24) is 0 Å². The van der Waals surface area contributed by atoms with Gasteiger partial charge in [-0.2, -0.15) is 8.78 Å². The minimum atomic E-state index is -1.18. The summed E-state index contributed by atoms with van der Waals surface area (Å²) >= 11 is 0. The van der Waals surface area contributed by atoms with E-state index in [0.29, 0.717) is 17.3 Å². The summed E-state index contributed by atoms with van der Waals surface area (Å²) in [6.45, 7) is 4.69. The first-order chi connectivity index (χ1) is 14.4. The number of carbonyl (C=O) groups is 1. The molecule has 1 unspecified atom stereocenters. The fraction of sp³-hybridized carbons (Fsp3) is 0.720. The number of carbonyl (C=O) groups excluding carboxylic acids is 1. The first kappa shape index (κ1) is 23.0. The van der Waals surface area contributed by atoms with Gasteiger partial charge in [0.1, 0.15) is 0 Å². The SMILES string of the molecule is CCCC(C)C1([C@H]2CC[C@H](C(=O)Oc3ccc(OC)c(F)c3F)CC2)CCCCC1. The lowest BCUT2D eigenvalue weighted by atomic mass is 9.55. The fourth-order valence-corrected chi connectivity index (χ4v) is 6.08. The number of rotatable bonds is 7. The number of methoxy groups -OCH3 is 1. The maximum absolute atomic E-state index is 14.2. The molecule has 0 aromatic heterocycles. The van der Waals surface area contributed by atoms with Crippen LogP contribution in [0.25, 0.3) is 0 Å². The van der Waals surface area contributed by atoms with Crippen LogP contribution >= 0.6 is 0 Å². The lowest BCUT2D eigenvalue weighted by Crippen LogP contribution is -2.41. The van der Waals surface area contributed by atoms with Crippen LogP contribution in [0.1, 0.15) is 84.5 Å². The Bertz CT molecular complexity index is 719. The van der Waals surface area contributed by atoms with Crippen molar-refractivity contribution in [3.8, 4) is 11.5 Å². The molecule has 0 radical (unpaired) electrons. The van der Waals surface area contributed by atoms with E-state index in [1.54, 1.807) is 0 Å². The van der Waals surface area contributed by atoms with Crippen molar-refractivity contribution >= 4 is 5.97 Å². The van der Waals surface area contributed by atoms with Crippen LogP contribution in [-0.4, -0.2) is 13.1 Å². The van der Waals surface area contributed by atoms with Gasteiger partial charge in [0.2, 0.25) is 11.6 Å². The highest BCUT2D eigenvalue weighted by molar-refractivity contribution is 5.75. The first-order valence-corrected chi connectivity index (χ1v) is 11.7. The molecule has 0 saturated heterocycles. The maximum Gasteiger partial charge on any atom is 0.314 e. The van der Waals surface area contributed by atoms with E-state index in [-0.39, 0.29) is 17.4 Å². The summed E-state index contributed by atoms with van der Waals surface area (Å²) in [7, 11) is 1.27. The lowest BCUT2D eigenvalue weighted by molar-refractivity contribution is -0.141. The molecule has 0 amide bonds. The molecular weight excluding hydrogens is 386 g/mol. The van der Waals surface area contributed by atoms with E-state index in [1.165, 1.54) is 64.2 Å². The van der Waals surface area contributed by atoms with Gasteiger partial charge in [0.15, 0.2) is 11.5 Å². The monoisotopic (exact) mass is 422 g/mol. The highest BCUT2D eigenvalue weighted by Crippen LogP contribution is 2.54. The average molecular weight is 423 g/mol. The summed E-state index contributed by atoms with van der Waals surface area (Å²) in [5.74, 6) is -2.19. The maximum atomic E-state index is 14.2. The van der Waals surface area contributed by atoms with Gasteiger partial charge < -0.3 is 9.47 Å². The number of hydrogen-bond donors (Lipinski definition) is 0. The van der Waals surface area contributed by atoms with Crippen molar-refractivity contribution in [3.63, 3.8) is 0 Å². The molecule has 1 aromatic carbocycles. The van der Waals surface area contributed by atoms with Crippen LogP contribution in [0.3, 0.4) is 0 Å². The summed E-state index contributed by atoms with van der Waals surface area (Å²) in [6.07, 6.45) is 12.7. The Kier molecular flexibility index (Phi) is 7.75. The molecule has 0 heterocycles. The molecule has 168 valence electrons. The second kappa shape index (κ2) is 10.1. The van der Waals surface area contributed by atoms with E-state index in [0.717, 1.165) is 25.7 Å². The van der Waals surface area contributed by atoms with E-state index < -0.39 is 17.6 Å². The predicted octanol–water partition coefficient (Wildman–Crippen LogP) is 7.07. The van der Waals surface area contributed by atoms with Crippen molar-refractivity contribution in [2.45, 2.75) is 84.5 Å². The Balaban J connectivity index is 1.63. The van der Waals surface area contributed by atoms with E-state index >= 15 is 0 Å². The zero-order chi connectivity index (χ0) is 21.7. The van der Waals surface area contributed by atoms with E-state index in [1.807, 2.05) is 0 Å². The topological polar surface area (TPSA) is 35.5 Å². The Morgan fingerprint density at radius 2 is 1.67 bits per heavy atom. The van der Waals surface area contributed by atoms with Crippen LogP contribution < -0.4 is 9.47 Å². The van der Waals surface area contributed by atoms with Crippen molar-refractivity contribution < 1.29 is 23.0 Å². The molecule has 1 aromatic rings. The predicted molar refractivity (Wildman–Crippen MR) is 114 cm³/mol. The van der Waals surface area contributed by atoms with Crippen molar-refractivity contribution in [2.24, 2.45) is 23.2 Å². The van der Waals surface area contributed by atoms with Crippen LogP contribution in [0.2, 0.25) is 0 Å². The zero-order valence-corrected chi connectivity index (χ0v) is 18.6. The zero-order valence-electron chi connectivity index (χ0n) is 18.6. The third-order valence-corrected chi connectivity index (χ3v) is 7.80. The van der Waals surface area contributed by atoms with Gasteiger partial charge in [0.05, 0.1) is 13.0 Å². The molecule has 3 nitrogen and oxygen atoms in total. The minimum absolute atomic E-state index is 0.202. The molecule has 0 N–H and O–H groups in total. The molecule has 0 aliphatic heterocycles. The Hall–Kier alpha value is -1.65. The van der Waals surface area contributed by atoms with Crippen LogP contribution in [0.4, 0.5) is 8.78 Å². The van der Waals surface area contributed by atoms with Crippen molar-refractivity contribution in [1.29, 1.82) is 0 Å². The largest absolute Gasteiger partial charge is 0.494 e. The van der Waals surface area contributed by atoms with Gasteiger partial charge in [-0.05, 0) is 67.9 Å². The van der Waals surface area contributed by atoms with Gasteiger partial charge in [-0.25, -0.2) is 0 Å². The second-order valence-electron chi connectivity index (χ2n) is 9.35. The van der Waals surface area contributed by atoms with Gasteiger partial charge >= 0.3 is 5.97 Å². The minimum Gasteiger partial charge on any atom is -0.494 e. The van der Waals surface area contributed by atoms with E-state index in [9.17, 15) is 13.6 Å². The van der Waals surface area contributed by atoms with Gasteiger partial charge in [0.25, 0.3) is 0 Å². The van der Waals surface area contributed by atoms with Gasteiger partial charge in [-0.3, -0.25) is 4.79 Å². The smallest absolute Gasteiger partial charge is 0.314 e. The standard InChI is InChI=1S/C25H36F2O3/c1-4-8-17(2)25(15-6-5-7-16-25)19-11-9-18(10-12-19)24(28)30-21-14-13-20(29-3)22(26)23(21)27/h13-14,17-19H,4-12,15-16H2,1-3H3/t17?,18-,19-. The summed E-state index contributed by atoms with van der Waals surface area (Å²) in [5.41, 5.74) is 0.411. The summed E-state index contributed by atoms with van der Waals surface area (Å²) in [4.78, 5) is 12.6. The second-order valence-corrected chi connectivity index (χ2v) is 9.35. The first-order valence-electron chi connectivity index (χ1n) is 11.7. The Morgan fingerprint density at radius 1 is 1.07 bits per heavy atom. The molecule has 0 spiro atoms. The summed E-state index contributed by atoms with van der Waals surface area (Å²) in [6, 6.07) is 2.53. The molecule has 30 heavy (non-hydrogen) atoms. The molecular formula is C25H36F2O3. The van der Waals surface area contributed by atoms with Crippen LogP contribution in [0, 0.1) is 34.8 Å². The molecule has 5 heteroatoms. The molecule has 1 atom stereocenters. The molecule has 0 bridgehead atoms. The molecule has 2 saturated carbocycles. The highest BCUT2D eigenvalue weighted by atomic mass is 19.2. The third kappa shape index (κ3) is 4.65. The number of ether oxygens (including phenoxy) is 2. The van der Waals surface area contributed by atoms with Gasteiger partial charge in [0, 0.05) is 0 Å². The van der Waals surface area contributed by atoms with Crippen LogP contribution in [-0.2, 0) is 4.79 Å². The summed E-state index contributed by atoms with van der Waals surface area (Å²) < 4.78 is 38.1. The van der Waals surface area contributed by atoms with Crippen LogP contribution in [0.15, 0.2) is 12.1 Å². The van der Waals surface area contributed by atoms with Crippen molar-refractivity contribution in [2.75, 3.05) is 7.11 Å². The van der Waals surface area contributed by atoms with Gasteiger partial charge in [-0.1, -0.05) is 46.0 Å². The fourth-order valence-electron chi connectivity index (χ4n) is 6.08. The van der Waals surface area contributed by atoms with Gasteiger partial charge in [-0.15, -0.1) is 0 Å².